The molecule has 0 unspecified atom stereocenters. The minimum absolute atomic E-state index is 0.0800. The van der Waals surface area contributed by atoms with Crippen LogP contribution >= 0.6 is 0 Å². The largest absolute Gasteiger partial charge is 0.493 e. The Labute approximate surface area is 203 Å². The molecule has 0 spiro atoms. The molecular formula is C26H27N3O6. The zero-order valence-corrected chi connectivity index (χ0v) is 20.3. The highest BCUT2D eigenvalue weighted by Gasteiger charge is 2.34. The second kappa shape index (κ2) is 9.92. The van der Waals surface area contributed by atoms with E-state index in [0.29, 0.717) is 35.2 Å². The predicted molar refractivity (Wildman–Crippen MR) is 131 cm³/mol. The van der Waals surface area contributed by atoms with Crippen molar-refractivity contribution in [3.63, 3.8) is 0 Å². The first-order chi connectivity index (χ1) is 16.8. The summed E-state index contributed by atoms with van der Waals surface area (Å²) >= 11 is 0. The van der Waals surface area contributed by atoms with Gasteiger partial charge in [0, 0.05) is 6.08 Å². The number of amides is 1. The lowest BCUT2D eigenvalue weighted by molar-refractivity contribution is -0.114. The number of amidine groups is 2. The van der Waals surface area contributed by atoms with E-state index in [9.17, 15) is 4.79 Å². The number of hydrogen-bond acceptors (Lipinski definition) is 7. The van der Waals surface area contributed by atoms with Crippen LogP contribution in [-0.4, -0.2) is 50.1 Å². The molecule has 0 atom stereocenters. The van der Waals surface area contributed by atoms with Crippen LogP contribution in [0.4, 0.5) is 0 Å². The number of hydrogen-bond donors (Lipinski definition) is 1. The Bertz CT molecular complexity index is 1250. The van der Waals surface area contributed by atoms with E-state index in [0.717, 1.165) is 11.3 Å². The van der Waals surface area contributed by atoms with Crippen LogP contribution in [0.2, 0.25) is 0 Å². The molecule has 1 N–H and O–H groups in total. The third-order valence-corrected chi connectivity index (χ3v) is 5.55. The lowest BCUT2D eigenvalue weighted by Gasteiger charge is -2.23. The molecular weight excluding hydrogens is 450 g/mol. The number of carbonyl (C=O) groups excluding carboxylic acids is 1. The van der Waals surface area contributed by atoms with Crippen molar-refractivity contribution < 1.29 is 28.6 Å². The Kier molecular flexibility index (Phi) is 6.77. The summed E-state index contributed by atoms with van der Waals surface area (Å²) in [7, 11) is 3.03. The first kappa shape index (κ1) is 23.9. The Morgan fingerprint density at radius 1 is 1.00 bits per heavy atom. The number of aliphatic imine (C=N–C) groups is 1. The first-order valence-electron chi connectivity index (χ1n) is 11.0. The van der Waals surface area contributed by atoms with Gasteiger partial charge in [0.05, 0.1) is 19.8 Å². The van der Waals surface area contributed by atoms with Gasteiger partial charge < -0.3 is 23.8 Å². The van der Waals surface area contributed by atoms with Gasteiger partial charge in [0.15, 0.2) is 23.2 Å². The maximum absolute atomic E-state index is 12.6. The highest BCUT2D eigenvalue weighted by Crippen LogP contribution is 2.39. The maximum atomic E-state index is 12.6. The van der Waals surface area contributed by atoms with Crippen molar-refractivity contribution in [3.05, 3.63) is 64.4 Å². The average Bonchev–Trinajstić information content (AvgIpc) is 3.21. The minimum atomic E-state index is -0.530. The molecule has 2 aromatic carbocycles. The van der Waals surface area contributed by atoms with Gasteiger partial charge in [-0.05, 0) is 67.8 Å². The zero-order chi connectivity index (χ0) is 25.1. The van der Waals surface area contributed by atoms with Gasteiger partial charge in [0.2, 0.25) is 5.75 Å². The van der Waals surface area contributed by atoms with Crippen LogP contribution in [0.3, 0.4) is 0 Å². The predicted octanol–water partition coefficient (Wildman–Crippen LogP) is 4.23. The van der Waals surface area contributed by atoms with Crippen LogP contribution < -0.4 is 18.9 Å². The number of nitrogens with one attached hydrogen (secondary N) is 1. The fraction of sp³-hybridized carbons (Fsp3) is 0.269. The number of benzene rings is 2. The third-order valence-electron chi connectivity index (χ3n) is 5.55. The van der Waals surface area contributed by atoms with Crippen LogP contribution in [0.25, 0.3) is 6.08 Å². The fourth-order valence-corrected chi connectivity index (χ4v) is 3.60. The van der Waals surface area contributed by atoms with Gasteiger partial charge in [-0.15, -0.1) is 5.06 Å². The van der Waals surface area contributed by atoms with Crippen molar-refractivity contribution in [3.8, 4) is 23.0 Å². The van der Waals surface area contributed by atoms with Crippen LogP contribution in [-0.2, 0) is 9.63 Å². The number of fused-ring (bicyclic) bond motifs is 1. The molecule has 2 aliphatic heterocycles. The Morgan fingerprint density at radius 3 is 2.34 bits per heavy atom. The zero-order valence-electron chi connectivity index (χ0n) is 20.3. The number of hydroxylamine groups is 2. The number of allylic oxidation sites excluding steroid dienone is 1. The maximum Gasteiger partial charge on any atom is 0.282 e. The van der Waals surface area contributed by atoms with E-state index in [1.807, 2.05) is 25.1 Å². The fourth-order valence-electron chi connectivity index (χ4n) is 3.60. The van der Waals surface area contributed by atoms with Crippen molar-refractivity contribution in [2.75, 3.05) is 27.4 Å². The van der Waals surface area contributed by atoms with E-state index < -0.39 is 5.91 Å². The quantitative estimate of drug-likeness (QED) is 0.448. The van der Waals surface area contributed by atoms with Crippen LogP contribution in [0, 0.1) is 19.3 Å². The van der Waals surface area contributed by atoms with Crippen LogP contribution in [0.1, 0.15) is 23.6 Å². The number of carbonyl (C=O) groups is 1. The second-order valence-corrected chi connectivity index (χ2v) is 8.02. The van der Waals surface area contributed by atoms with E-state index in [1.54, 1.807) is 31.2 Å². The van der Waals surface area contributed by atoms with E-state index in [4.69, 9.17) is 29.2 Å². The molecule has 0 aliphatic carbocycles. The van der Waals surface area contributed by atoms with Crippen molar-refractivity contribution >= 4 is 23.7 Å². The van der Waals surface area contributed by atoms with Gasteiger partial charge in [0.1, 0.15) is 24.7 Å². The third kappa shape index (κ3) is 4.98. The number of rotatable bonds is 8. The molecule has 9 nitrogen and oxygen atoms in total. The SMILES string of the molecule is COc1cc(/C=C2\C(=N)N3OC(C)=CC3=NC2=O)cc(OC)c1OCCOc1ccc(C)c(C)c1. The summed E-state index contributed by atoms with van der Waals surface area (Å²) in [5.74, 6) is 2.22. The number of ether oxygens (including phenoxy) is 4. The Balaban J connectivity index is 1.51. The Hall–Kier alpha value is -4.27. The van der Waals surface area contributed by atoms with Gasteiger partial charge in [-0.1, -0.05) is 6.07 Å². The molecule has 2 aromatic rings. The molecule has 35 heavy (non-hydrogen) atoms. The molecule has 0 aromatic heterocycles. The summed E-state index contributed by atoms with van der Waals surface area (Å²) in [5, 5.41) is 9.60. The molecule has 1 amide bonds. The normalized spacial score (nSPS) is 15.9. The molecule has 182 valence electrons. The van der Waals surface area contributed by atoms with Crippen molar-refractivity contribution in [2.45, 2.75) is 20.8 Å². The summed E-state index contributed by atoms with van der Waals surface area (Å²) in [6.45, 7) is 6.41. The standard InChI is InChI=1S/C26H27N3O6/c1-15-6-7-19(10-16(15)2)33-8-9-34-24-21(31-4)13-18(14-22(24)32-5)12-20-25(27)29-23(28-26(20)30)11-17(3)35-29/h6-7,10-14,27H,8-9H2,1-5H3/b20-12+,27-25?. The highest BCUT2D eigenvalue weighted by atomic mass is 16.7. The van der Waals surface area contributed by atoms with Gasteiger partial charge in [-0.25, -0.2) is 0 Å². The molecule has 0 radical (unpaired) electrons. The van der Waals surface area contributed by atoms with E-state index >= 15 is 0 Å². The number of aryl methyl sites for hydroxylation is 2. The molecule has 0 bridgehead atoms. The van der Waals surface area contributed by atoms with E-state index in [2.05, 4.69) is 11.9 Å². The lowest BCUT2D eigenvalue weighted by atomic mass is 10.1. The van der Waals surface area contributed by atoms with Crippen molar-refractivity contribution in [2.24, 2.45) is 4.99 Å². The van der Waals surface area contributed by atoms with Crippen LogP contribution in [0.15, 0.2) is 52.7 Å². The molecule has 2 heterocycles. The topological polar surface area (TPSA) is 103 Å². The number of nitrogens with zero attached hydrogens (tertiary/aromatic N) is 2. The molecule has 0 saturated carbocycles. The summed E-state index contributed by atoms with van der Waals surface area (Å²) < 4.78 is 22.7. The van der Waals surface area contributed by atoms with E-state index in [-0.39, 0.29) is 23.9 Å². The smallest absolute Gasteiger partial charge is 0.282 e. The Morgan fingerprint density at radius 2 is 1.69 bits per heavy atom. The molecule has 0 fully saturated rings. The van der Waals surface area contributed by atoms with Crippen LogP contribution in [0.5, 0.6) is 23.0 Å². The molecule has 4 rings (SSSR count). The summed E-state index contributed by atoms with van der Waals surface area (Å²) in [5.41, 5.74) is 3.02. The number of methoxy groups -OCH3 is 2. The second-order valence-electron chi connectivity index (χ2n) is 8.02. The van der Waals surface area contributed by atoms with Gasteiger partial charge in [-0.2, -0.15) is 4.99 Å². The van der Waals surface area contributed by atoms with Gasteiger partial charge in [0.25, 0.3) is 5.91 Å². The lowest BCUT2D eigenvalue weighted by Crippen LogP contribution is -2.38. The van der Waals surface area contributed by atoms with E-state index in [1.165, 1.54) is 24.8 Å². The first-order valence-corrected chi connectivity index (χ1v) is 11.0. The molecule has 2 aliphatic rings. The summed E-state index contributed by atoms with van der Waals surface area (Å²) in [4.78, 5) is 22.0. The molecule has 9 heteroatoms. The van der Waals surface area contributed by atoms with Crippen molar-refractivity contribution in [1.29, 1.82) is 5.41 Å². The van der Waals surface area contributed by atoms with Crippen molar-refractivity contribution in [1.82, 2.24) is 5.06 Å². The molecule has 0 saturated heterocycles. The monoisotopic (exact) mass is 477 g/mol. The minimum Gasteiger partial charge on any atom is -0.493 e. The summed E-state index contributed by atoms with van der Waals surface area (Å²) in [6, 6.07) is 9.32. The summed E-state index contributed by atoms with van der Waals surface area (Å²) in [6.07, 6.45) is 3.14. The van der Waals surface area contributed by atoms with Gasteiger partial charge >= 0.3 is 0 Å². The highest BCUT2D eigenvalue weighted by molar-refractivity contribution is 6.32. The average molecular weight is 478 g/mol. The van der Waals surface area contributed by atoms with Gasteiger partial charge in [-0.3, -0.25) is 10.2 Å².